The van der Waals surface area contributed by atoms with Gasteiger partial charge in [0.15, 0.2) is 11.7 Å². The lowest BCUT2D eigenvalue weighted by molar-refractivity contribution is -0.121. The molecular weight excluding hydrogens is 451 g/mol. The molecule has 0 saturated carbocycles. The minimum Gasteiger partial charge on any atom is -0.497 e. The molecule has 0 bridgehead atoms. The molecule has 0 saturated heterocycles. The lowest BCUT2D eigenvalue weighted by Gasteiger charge is -2.04. The monoisotopic (exact) mass is 470 g/mol. The number of oxazole rings is 1. The van der Waals surface area contributed by atoms with Gasteiger partial charge in [-0.3, -0.25) is 4.79 Å². The SMILES string of the molecule is COc1ccc(-n2ccc(CNC(=O)CCc3ncc(-c4ccc(Cl)cc4Cl)o3)n2)cc1. The molecule has 0 aliphatic heterocycles. The zero-order valence-corrected chi connectivity index (χ0v) is 18.7. The van der Waals surface area contributed by atoms with Gasteiger partial charge < -0.3 is 14.5 Å². The van der Waals surface area contributed by atoms with E-state index in [0.717, 1.165) is 17.1 Å². The second-order valence-corrected chi connectivity index (χ2v) is 7.81. The Labute approximate surface area is 194 Å². The number of aryl methyl sites for hydroxylation is 1. The average molecular weight is 471 g/mol. The summed E-state index contributed by atoms with van der Waals surface area (Å²) in [5.41, 5.74) is 2.36. The molecule has 2 aromatic carbocycles. The molecule has 0 spiro atoms. The third kappa shape index (κ3) is 5.30. The Balaban J connectivity index is 1.28. The van der Waals surface area contributed by atoms with Gasteiger partial charge in [-0.2, -0.15) is 5.10 Å². The maximum Gasteiger partial charge on any atom is 0.220 e. The quantitative estimate of drug-likeness (QED) is 0.387. The Morgan fingerprint density at radius 2 is 1.97 bits per heavy atom. The van der Waals surface area contributed by atoms with E-state index >= 15 is 0 Å². The van der Waals surface area contributed by atoms with Crippen LogP contribution in [0.3, 0.4) is 0 Å². The summed E-state index contributed by atoms with van der Waals surface area (Å²) in [4.78, 5) is 16.5. The number of nitrogens with one attached hydrogen (secondary N) is 1. The van der Waals surface area contributed by atoms with Crippen molar-refractivity contribution in [2.24, 2.45) is 0 Å². The highest BCUT2D eigenvalue weighted by Gasteiger charge is 2.12. The van der Waals surface area contributed by atoms with Gasteiger partial charge in [0.25, 0.3) is 0 Å². The summed E-state index contributed by atoms with van der Waals surface area (Å²) in [6.45, 7) is 0.333. The molecule has 9 heteroatoms. The highest BCUT2D eigenvalue weighted by molar-refractivity contribution is 6.36. The number of benzene rings is 2. The summed E-state index contributed by atoms with van der Waals surface area (Å²) < 4.78 is 12.6. The smallest absolute Gasteiger partial charge is 0.220 e. The first-order valence-electron chi connectivity index (χ1n) is 9.87. The predicted octanol–water partition coefficient (Wildman–Crippen LogP) is 5.09. The van der Waals surface area contributed by atoms with Gasteiger partial charge in [0.05, 0.1) is 36.3 Å². The maximum atomic E-state index is 12.2. The van der Waals surface area contributed by atoms with Crippen molar-refractivity contribution >= 4 is 29.1 Å². The zero-order chi connectivity index (χ0) is 22.5. The molecule has 0 radical (unpaired) electrons. The van der Waals surface area contributed by atoms with Crippen molar-refractivity contribution in [3.63, 3.8) is 0 Å². The number of rotatable bonds is 8. The fourth-order valence-electron chi connectivity index (χ4n) is 3.07. The normalized spacial score (nSPS) is 10.8. The number of methoxy groups -OCH3 is 1. The Morgan fingerprint density at radius 3 is 2.72 bits per heavy atom. The van der Waals surface area contributed by atoms with E-state index in [0.29, 0.717) is 40.2 Å². The number of halogens is 2. The van der Waals surface area contributed by atoms with E-state index in [2.05, 4.69) is 15.4 Å². The molecule has 1 amide bonds. The first-order chi connectivity index (χ1) is 15.5. The van der Waals surface area contributed by atoms with Gasteiger partial charge in [0.2, 0.25) is 5.91 Å². The topological polar surface area (TPSA) is 82.2 Å². The van der Waals surface area contributed by atoms with Crippen LogP contribution in [0.5, 0.6) is 5.75 Å². The number of nitrogens with zero attached hydrogens (tertiary/aromatic N) is 3. The number of amides is 1. The Morgan fingerprint density at radius 1 is 1.16 bits per heavy atom. The number of hydrogen-bond acceptors (Lipinski definition) is 5. The molecule has 7 nitrogen and oxygen atoms in total. The van der Waals surface area contributed by atoms with Gasteiger partial charge in [-0.1, -0.05) is 23.2 Å². The molecule has 0 atom stereocenters. The van der Waals surface area contributed by atoms with Crippen molar-refractivity contribution in [2.75, 3.05) is 7.11 Å². The van der Waals surface area contributed by atoms with Crippen molar-refractivity contribution in [1.29, 1.82) is 0 Å². The van der Waals surface area contributed by atoms with Gasteiger partial charge in [-0.25, -0.2) is 9.67 Å². The van der Waals surface area contributed by atoms with Crippen molar-refractivity contribution in [3.05, 3.63) is 82.6 Å². The minimum absolute atomic E-state index is 0.117. The van der Waals surface area contributed by atoms with Crippen molar-refractivity contribution in [2.45, 2.75) is 19.4 Å². The van der Waals surface area contributed by atoms with Gasteiger partial charge in [0.1, 0.15) is 5.75 Å². The van der Waals surface area contributed by atoms with E-state index in [4.69, 9.17) is 32.4 Å². The van der Waals surface area contributed by atoms with E-state index in [9.17, 15) is 4.79 Å². The molecule has 2 heterocycles. The third-order valence-electron chi connectivity index (χ3n) is 4.76. The first-order valence-corrected chi connectivity index (χ1v) is 10.6. The highest BCUT2D eigenvalue weighted by atomic mass is 35.5. The molecule has 0 unspecified atom stereocenters. The second-order valence-electron chi connectivity index (χ2n) is 6.97. The molecule has 32 heavy (non-hydrogen) atoms. The molecular formula is C23H20Cl2N4O3. The van der Waals surface area contributed by atoms with Crippen LogP contribution >= 0.6 is 23.2 Å². The number of ether oxygens (including phenoxy) is 1. The summed E-state index contributed by atoms with van der Waals surface area (Å²) in [5, 5.41) is 8.38. The number of hydrogen-bond donors (Lipinski definition) is 1. The van der Waals surface area contributed by atoms with Gasteiger partial charge in [0, 0.05) is 29.6 Å². The Kier molecular flexibility index (Phi) is 6.78. The van der Waals surface area contributed by atoms with E-state index in [-0.39, 0.29) is 12.3 Å². The lowest BCUT2D eigenvalue weighted by atomic mass is 10.2. The van der Waals surface area contributed by atoms with Crippen LogP contribution in [0.15, 0.2) is 65.3 Å². The molecule has 4 rings (SSSR count). The largest absolute Gasteiger partial charge is 0.497 e. The van der Waals surface area contributed by atoms with Crippen LogP contribution in [-0.2, 0) is 17.8 Å². The first kappa shape index (κ1) is 21.9. The van der Waals surface area contributed by atoms with Crippen LogP contribution in [0.1, 0.15) is 18.0 Å². The zero-order valence-electron chi connectivity index (χ0n) is 17.2. The average Bonchev–Trinajstić information content (AvgIpc) is 3.46. The summed E-state index contributed by atoms with van der Waals surface area (Å²) in [6, 6.07) is 14.6. The van der Waals surface area contributed by atoms with Gasteiger partial charge in [-0.15, -0.1) is 0 Å². The van der Waals surface area contributed by atoms with Crippen LogP contribution in [0.4, 0.5) is 0 Å². The minimum atomic E-state index is -0.117. The number of carbonyl (C=O) groups excluding carboxylic acids is 1. The fraction of sp³-hybridized carbons (Fsp3) is 0.174. The molecule has 0 fully saturated rings. The maximum absolute atomic E-state index is 12.2. The van der Waals surface area contributed by atoms with Gasteiger partial charge >= 0.3 is 0 Å². The third-order valence-corrected chi connectivity index (χ3v) is 5.31. The summed E-state index contributed by atoms with van der Waals surface area (Å²) in [5.74, 6) is 1.66. The van der Waals surface area contributed by atoms with Crippen LogP contribution in [0.2, 0.25) is 10.0 Å². The second kappa shape index (κ2) is 9.89. The standard InChI is InChI=1S/C23H20Cl2N4O3/c1-31-18-5-3-17(4-6-18)29-11-10-16(28-29)13-26-22(30)8-9-23-27-14-21(32-23)19-7-2-15(24)12-20(19)25/h2-7,10-12,14H,8-9,13H2,1H3,(H,26,30). The summed E-state index contributed by atoms with van der Waals surface area (Å²) in [6.07, 6.45) is 4.05. The van der Waals surface area contributed by atoms with E-state index in [1.54, 1.807) is 36.2 Å². The highest BCUT2D eigenvalue weighted by Crippen LogP contribution is 2.30. The Bertz CT molecular complexity index is 1220. The molecule has 1 N–H and O–H groups in total. The summed E-state index contributed by atoms with van der Waals surface area (Å²) >= 11 is 12.1. The fourth-order valence-corrected chi connectivity index (χ4v) is 3.57. The molecule has 0 aliphatic rings. The van der Waals surface area contributed by atoms with E-state index < -0.39 is 0 Å². The van der Waals surface area contributed by atoms with Crippen molar-refractivity contribution < 1.29 is 13.9 Å². The molecule has 2 aromatic heterocycles. The van der Waals surface area contributed by atoms with Crippen LogP contribution < -0.4 is 10.1 Å². The van der Waals surface area contributed by atoms with Crippen molar-refractivity contribution in [3.8, 4) is 22.8 Å². The van der Waals surface area contributed by atoms with Crippen LogP contribution in [0, 0.1) is 0 Å². The number of carbonyl (C=O) groups is 1. The number of aromatic nitrogens is 3. The van der Waals surface area contributed by atoms with E-state index in [1.807, 2.05) is 36.5 Å². The molecule has 164 valence electrons. The van der Waals surface area contributed by atoms with E-state index in [1.165, 1.54) is 0 Å². The van der Waals surface area contributed by atoms with Crippen LogP contribution in [0.25, 0.3) is 17.0 Å². The molecule has 4 aromatic rings. The van der Waals surface area contributed by atoms with Crippen LogP contribution in [-0.4, -0.2) is 27.8 Å². The Hall–Kier alpha value is -3.29. The van der Waals surface area contributed by atoms with Crippen molar-refractivity contribution in [1.82, 2.24) is 20.1 Å². The summed E-state index contributed by atoms with van der Waals surface area (Å²) in [7, 11) is 1.62. The molecule has 0 aliphatic carbocycles. The predicted molar refractivity (Wildman–Crippen MR) is 122 cm³/mol. The lowest BCUT2D eigenvalue weighted by Crippen LogP contribution is -2.23. The van der Waals surface area contributed by atoms with Gasteiger partial charge in [-0.05, 0) is 48.5 Å².